The second kappa shape index (κ2) is 5.06. The summed E-state index contributed by atoms with van der Waals surface area (Å²) < 4.78 is 1.78. The second-order valence-corrected chi connectivity index (χ2v) is 6.24. The minimum Gasteiger partial charge on any atom is -0.383 e. The van der Waals surface area contributed by atoms with E-state index in [1.165, 1.54) is 6.33 Å². The molecule has 2 aromatic heterocycles. The first kappa shape index (κ1) is 14.5. The van der Waals surface area contributed by atoms with Crippen LogP contribution in [-0.4, -0.2) is 24.9 Å². The Labute approximate surface area is 128 Å². The zero-order valence-corrected chi connectivity index (χ0v) is 12.9. The van der Waals surface area contributed by atoms with Gasteiger partial charge in [-0.05, 0) is 26.3 Å². The van der Waals surface area contributed by atoms with E-state index in [0.29, 0.717) is 22.5 Å². The van der Waals surface area contributed by atoms with Crippen molar-refractivity contribution in [3.8, 4) is 0 Å². The largest absolute Gasteiger partial charge is 0.383 e. The first-order valence-electron chi connectivity index (χ1n) is 7.12. The molecule has 3 rings (SSSR count). The third-order valence-electron chi connectivity index (χ3n) is 3.53. The third kappa shape index (κ3) is 2.31. The van der Waals surface area contributed by atoms with E-state index in [-0.39, 0.29) is 5.54 Å². The molecule has 6 nitrogen and oxygen atoms in total. The maximum Gasteiger partial charge on any atom is 0.164 e. The van der Waals surface area contributed by atoms with Crippen molar-refractivity contribution in [2.24, 2.45) is 0 Å². The number of aromatic nitrogens is 4. The molecule has 6 heteroatoms. The molecule has 0 spiro atoms. The molecule has 114 valence electrons. The maximum absolute atomic E-state index is 10.7. The van der Waals surface area contributed by atoms with Crippen molar-refractivity contribution >= 4 is 16.9 Å². The van der Waals surface area contributed by atoms with Gasteiger partial charge in [0.1, 0.15) is 23.9 Å². The van der Waals surface area contributed by atoms with Crippen molar-refractivity contribution in [2.45, 2.75) is 32.4 Å². The molecule has 1 aromatic carbocycles. The molecule has 3 N–H and O–H groups in total. The van der Waals surface area contributed by atoms with E-state index < -0.39 is 6.10 Å². The smallest absolute Gasteiger partial charge is 0.164 e. The van der Waals surface area contributed by atoms with Crippen LogP contribution in [0.1, 0.15) is 38.1 Å². The Kier molecular flexibility index (Phi) is 3.33. The first-order valence-corrected chi connectivity index (χ1v) is 7.12. The zero-order valence-electron chi connectivity index (χ0n) is 12.9. The molecule has 0 bridgehead atoms. The normalized spacial score (nSPS) is 13.5. The fraction of sp³-hybridized carbons (Fsp3) is 0.312. The van der Waals surface area contributed by atoms with Crippen molar-refractivity contribution in [1.29, 1.82) is 0 Å². The molecule has 0 saturated heterocycles. The van der Waals surface area contributed by atoms with Crippen LogP contribution in [0.2, 0.25) is 0 Å². The number of aliphatic hydroxyl groups is 1. The van der Waals surface area contributed by atoms with Crippen molar-refractivity contribution in [3.63, 3.8) is 0 Å². The summed E-state index contributed by atoms with van der Waals surface area (Å²) in [6, 6.07) is 9.36. The predicted octanol–water partition coefficient (Wildman–Crippen LogP) is 2.25. The molecule has 3 aromatic rings. The Balaban J connectivity index is 2.26. The number of rotatable bonds is 2. The first-order chi connectivity index (χ1) is 10.4. The molecule has 2 heterocycles. The van der Waals surface area contributed by atoms with Crippen LogP contribution in [0, 0.1) is 0 Å². The van der Waals surface area contributed by atoms with E-state index in [9.17, 15) is 5.11 Å². The Bertz CT molecular complexity index is 805. The highest BCUT2D eigenvalue weighted by molar-refractivity contribution is 5.88. The van der Waals surface area contributed by atoms with E-state index in [1.807, 2.05) is 51.1 Å². The molecule has 1 unspecified atom stereocenters. The molecule has 0 aliphatic carbocycles. The average Bonchev–Trinajstić information content (AvgIpc) is 2.88. The summed E-state index contributed by atoms with van der Waals surface area (Å²) in [5.41, 5.74) is 7.60. The van der Waals surface area contributed by atoms with Gasteiger partial charge in [-0.1, -0.05) is 30.3 Å². The van der Waals surface area contributed by atoms with E-state index in [4.69, 9.17) is 5.73 Å². The van der Waals surface area contributed by atoms with Gasteiger partial charge in [0.15, 0.2) is 5.65 Å². The number of nitrogens with zero attached hydrogens (tertiary/aromatic N) is 4. The molecule has 0 amide bonds. The van der Waals surface area contributed by atoms with Crippen LogP contribution in [0.5, 0.6) is 0 Å². The molecule has 1 atom stereocenters. The number of fused-ring (bicyclic) bond motifs is 1. The number of benzene rings is 1. The molecule has 0 fully saturated rings. The molecule has 0 radical (unpaired) electrons. The van der Waals surface area contributed by atoms with Gasteiger partial charge in [-0.25, -0.2) is 14.6 Å². The Hall–Kier alpha value is -2.47. The minimum atomic E-state index is -0.874. The minimum absolute atomic E-state index is 0.284. The fourth-order valence-electron chi connectivity index (χ4n) is 2.45. The molecule has 0 aliphatic rings. The van der Waals surface area contributed by atoms with E-state index in [0.717, 1.165) is 5.56 Å². The van der Waals surface area contributed by atoms with Crippen LogP contribution in [0.15, 0.2) is 36.7 Å². The summed E-state index contributed by atoms with van der Waals surface area (Å²) in [6.45, 7) is 6.07. The topological polar surface area (TPSA) is 89.8 Å². The van der Waals surface area contributed by atoms with Gasteiger partial charge in [0.2, 0.25) is 0 Å². The van der Waals surface area contributed by atoms with Gasteiger partial charge in [0.25, 0.3) is 0 Å². The van der Waals surface area contributed by atoms with Crippen LogP contribution in [0.4, 0.5) is 5.82 Å². The molecule has 0 aliphatic heterocycles. The molecule has 0 saturated carbocycles. The van der Waals surface area contributed by atoms with Crippen LogP contribution >= 0.6 is 0 Å². The second-order valence-electron chi connectivity index (χ2n) is 6.24. The summed E-state index contributed by atoms with van der Waals surface area (Å²) in [6.07, 6.45) is 0.542. The average molecular weight is 297 g/mol. The number of anilines is 1. The number of nitrogens with two attached hydrogens (primary N) is 1. The van der Waals surface area contributed by atoms with Gasteiger partial charge in [-0.2, -0.15) is 5.10 Å². The van der Waals surface area contributed by atoms with Crippen LogP contribution < -0.4 is 5.73 Å². The Morgan fingerprint density at radius 3 is 2.45 bits per heavy atom. The Morgan fingerprint density at radius 2 is 1.82 bits per heavy atom. The lowest BCUT2D eigenvalue weighted by Gasteiger charge is -2.19. The zero-order chi connectivity index (χ0) is 15.9. The van der Waals surface area contributed by atoms with Crippen molar-refractivity contribution < 1.29 is 5.11 Å². The lowest BCUT2D eigenvalue weighted by atomic mass is 10.0. The van der Waals surface area contributed by atoms with Crippen molar-refractivity contribution in [2.75, 3.05) is 5.73 Å². The van der Waals surface area contributed by atoms with E-state index >= 15 is 0 Å². The van der Waals surface area contributed by atoms with Crippen molar-refractivity contribution in [1.82, 2.24) is 19.7 Å². The number of hydrogen-bond acceptors (Lipinski definition) is 5. The summed E-state index contributed by atoms with van der Waals surface area (Å²) in [4.78, 5) is 8.35. The summed E-state index contributed by atoms with van der Waals surface area (Å²) in [5, 5.41) is 15.9. The van der Waals surface area contributed by atoms with Gasteiger partial charge in [-0.15, -0.1) is 0 Å². The lowest BCUT2D eigenvalue weighted by molar-refractivity contribution is 0.213. The van der Waals surface area contributed by atoms with Crippen LogP contribution in [0.3, 0.4) is 0 Å². The fourth-order valence-corrected chi connectivity index (χ4v) is 2.45. The summed E-state index contributed by atoms with van der Waals surface area (Å²) in [7, 11) is 0. The van der Waals surface area contributed by atoms with Crippen molar-refractivity contribution in [3.05, 3.63) is 47.9 Å². The molecule has 22 heavy (non-hydrogen) atoms. The number of hydrogen-bond donors (Lipinski definition) is 2. The van der Waals surface area contributed by atoms with Gasteiger partial charge in [-0.3, -0.25) is 0 Å². The van der Waals surface area contributed by atoms with Gasteiger partial charge >= 0.3 is 0 Å². The molecular weight excluding hydrogens is 278 g/mol. The maximum atomic E-state index is 10.7. The summed E-state index contributed by atoms with van der Waals surface area (Å²) in [5.74, 6) is 0.325. The highest BCUT2D eigenvalue weighted by Crippen LogP contribution is 2.32. The third-order valence-corrected chi connectivity index (χ3v) is 3.53. The SMILES string of the molecule is CC(C)(C)n1nc(C(O)c2ccccc2)c2c(N)ncnc21. The quantitative estimate of drug-likeness (QED) is 0.757. The monoisotopic (exact) mass is 297 g/mol. The standard InChI is InChI=1S/C16H19N5O/c1-16(2,3)21-15-11(14(17)18-9-19-15)12(20-21)13(22)10-7-5-4-6-8-10/h4-9,13,22H,1-3H3,(H2,17,18,19). The highest BCUT2D eigenvalue weighted by Gasteiger charge is 2.26. The van der Waals surface area contributed by atoms with E-state index in [2.05, 4.69) is 15.1 Å². The summed E-state index contributed by atoms with van der Waals surface area (Å²) >= 11 is 0. The van der Waals surface area contributed by atoms with Crippen LogP contribution in [0.25, 0.3) is 11.0 Å². The lowest BCUT2D eigenvalue weighted by Crippen LogP contribution is -2.23. The van der Waals surface area contributed by atoms with Gasteiger partial charge in [0.05, 0.1) is 10.9 Å². The molecular formula is C16H19N5O. The number of aliphatic hydroxyl groups excluding tert-OH is 1. The van der Waals surface area contributed by atoms with E-state index in [1.54, 1.807) is 4.68 Å². The number of nitrogen functional groups attached to an aromatic ring is 1. The van der Waals surface area contributed by atoms with Crippen LogP contribution in [-0.2, 0) is 5.54 Å². The highest BCUT2D eigenvalue weighted by atomic mass is 16.3. The predicted molar refractivity (Wildman–Crippen MR) is 85.2 cm³/mol. The van der Waals surface area contributed by atoms with Gasteiger partial charge < -0.3 is 10.8 Å². The Morgan fingerprint density at radius 1 is 1.14 bits per heavy atom. The van der Waals surface area contributed by atoms with Gasteiger partial charge in [0, 0.05) is 0 Å².